The van der Waals surface area contributed by atoms with Gasteiger partial charge in [-0.1, -0.05) is 86.1 Å². The van der Waals surface area contributed by atoms with Gasteiger partial charge < -0.3 is 0 Å². The van der Waals surface area contributed by atoms with E-state index in [1.165, 1.54) is 25.7 Å². The fourth-order valence-corrected chi connectivity index (χ4v) is 3.81. The highest BCUT2D eigenvalue weighted by Crippen LogP contribution is 2.14. The van der Waals surface area contributed by atoms with Crippen LogP contribution in [0.25, 0.3) is 0 Å². The molecule has 0 saturated carbocycles. The van der Waals surface area contributed by atoms with Gasteiger partial charge in [0.1, 0.15) is 0 Å². The van der Waals surface area contributed by atoms with Crippen molar-refractivity contribution in [1.82, 2.24) is 0 Å². The number of benzene rings is 1. The molecule has 0 aliphatic carbocycles. The van der Waals surface area contributed by atoms with Gasteiger partial charge >= 0.3 is 0 Å². The normalized spacial score (nSPS) is 12.8. The highest BCUT2D eigenvalue weighted by atomic mass is 32.2. The second kappa shape index (κ2) is 17.7. The largest absolute Gasteiger partial charge is 0.296 e. The van der Waals surface area contributed by atoms with Crippen molar-refractivity contribution in [3.05, 3.63) is 78.4 Å². The molecule has 1 rings (SSSR count). The molecule has 0 bridgehead atoms. The maximum atomic E-state index is 12.1. The number of rotatable bonds is 17. The van der Waals surface area contributed by atoms with E-state index in [1.54, 1.807) is 24.3 Å². The van der Waals surface area contributed by atoms with Crippen LogP contribution in [0.15, 0.2) is 77.8 Å². The van der Waals surface area contributed by atoms with Gasteiger partial charge in [0, 0.05) is 0 Å². The molecule has 4 heteroatoms. The minimum Gasteiger partial charge on any atom is -0.266 e. The highest BCUT2D eigenvalue weighted by molar-refractivity contribution is 7.86. The Balaban J connectivity index is 2.01. The smallest absolute Gasteiger partial charge is 0.266 e. The van der Waals surface area contributed by atoms with Gasteiger partial charge in [0.2, 0.25) is 0 Å². The number of aryl methyl sites for hydroxylation is 1. The van der Waals surface area contributed by atoms with Crippen molar-refractivity contribution in [2.75, 3.05) is 6.61 Å². The van der Waals surface area contributed by atoms with Crippen molar-refractivity contribution < 1.29 is 12.6 Å². The van der Waals surface area contributed by atoms with E-state index >= 15 is 0 Å². The van der Waals surface area contributed by atoms with Gasteiger partial charge in [-0.25, -0.2) is 0 Å². The first-order valence-electron chi connectivity index (χ1n) is 11.6. The van der Waals surface area contributed by atoms with Gasteiger partial charge in [0.25, 0.3) is 10.1 Å². The van der Waals surface area contributed by atoms with Crippen molar-refractivity contribution >= 4 is 10.1 Å². The zero-order valence-corrected chi connectivity index (χ0v) is 20.2. The van der Waals surface area contributed by atoms with Crippen LogP contribution in [0.2, 0.25) is 0 Å². The lowest BCUT2D eigenvalue weighted by Crippen LogP contribution is -2.07. The molecule has 0 unspecified atom stereocenters. The molecule has 0 spiro atoms. The molecule has 1 aromatic carbocycles. The van der Waals surface area contributed by atoms with Crippen LogP contribution in [0.1, 0.15) is 76.7 Å². The van der Waals surface area contributed by atoms with Crippen LogP contribution in [0, 0.1) is 6.92 Å². The minimum absolute atomic E-state index is 0.221. The van der Waals surface area contributed by atoms with Crippen LogP contribution in [-0.4, -0.2) is 15.0 Å². The molecule has 31 heavy (non-hydrogen) atoms. The lowest BCUT2D eigenvalue weighted by molar-refractivity contribution is 0.309. The summed E-state index contributed by atoms with van der Waals surface area (Å²) in [6.07, 6.45) is 28.3. The predicted molar refractivity (Wildman–Crippen MR) is 133 cm³/mol. The van der Waals surface area contributed by atoms with Crippen LogP contribution in [0.5, 0.6) is 0 Å². The molecule has 0 radical (unpaired) electrons. The maximum absolute atomic E-state index is 12.1. The quantitative estimate of drug-likeness (QED) is 0.140. The van der Waals surface area contributed by atoms with Gasteiger partial charge in [-0.15, -0.1) is 0 Å². The number of allylic oxidation sites excluding steroid dienone is 8. The van der Waals surface area contributed by atoms with Crippen LogP contribution in [0.4, 0.5) is 0 Å². The predicted octanol–water partition coefficient (Wildman–Crippen LogP) is 7.85. The lowest BCUT2D eigenvalue weighted by Gasteiger charge is -2.05. The molecule has 0 atom stereocenters. The van der Waals surface area contributed by atoms with E-state index in [0.29, 0.717) is 0 Å². The summed E-state index contributed by atoms with van der Waals surface area (Å²) in [5, 5.41) is 0. The number of hydrogen-bond acceptors (Lipinski definition) is 3. The summed E-state index contributed by atoms with van der Waals surface area (Å²) in [7, 11) is -3.64. The Kier molecular flexibility index (Phi) is 15.5. The first kappa shape index (κ1) is 27.1. The van der Waals surface area contributed by atoms with Gasteiger partial charge in [0.15, 0.2) is 0 Å². The molecule has 0 aliphatic rings. The molecule has 0 fully saturated rings. The van der Waals surface area contributed by atoms with Crippen molar-refractivity contribution in [2.45, 2.75) is 83.0 Å². The molecular formula is C27H40O3S. The standard InChI is InChI=1S/C27H40O3S/c1-3-4-5-6-7-8-9-10-11-12-13-14-15-16-17-18-19-20-25-30-31(28,29)27-23-21-26(2)22-24-27/h7-8,10-11,13-14,16-17,21-24H,3-6,9,12,15,18-20,25H2,1-2H3. The van der Waals surface area contributed by atoms with E-state index in [2.05, 4.69) is 55.5 Å². The van der Waals surface area contributed by atoms with Crippen molar-refractivity contribution in [3.8, 4) is 0 Å². The second-order valence-electron chi connectivity index (χ2n) is 7.67. The van der Waals surface area contributed by atoms with Crippen molar-refractivity contribution in [1.29, 1.82) is 0 Å². The molecule has 0 heterocycles. The first-order valence-corrected chi connectivity index (χ1v) is 13.0. The molecule has 0 aliphatic heterocycles. The Labute approximate surface area is 190 Å². The molecule has 172 valence electrons. The Hall–Kier alpha value is -1.91. The topological polar surface area (TPSA) is 43.4 Å². The van der Waals surface area contributed by atoms with Gasteiger partial charge in [-0.2, -0.15) is 8.42 Å². The summed E-state index contributed by atoms with van der Waals surface area (Å²) in [6, 6.07) is 6.73. The number of unbranched alkanes of at least 4 members (excludes halogenated alkanes) is 5. The van der Waals surface area contributed by atoms with E-state index < -0.39 is 10.1 Å². The minimum atomic E-state index is -3.64. The maximum Gasteiger partial charge on any atom is 0.296 e. The van der Waals surface area contributed by atoms with E-state index in [-0.39, 0.29) is 11.5 Å². The van der Waals surface area contributed by atoms with Crippen LogP contribution >= 0.6 is 0 Å². The molecule has 1 aromatic rings. The molecule has 0 amide bonds. The van der Waals surface area contributed by atoms with Gasteiger partial charge in [-0.3, -0.25) is 4.18 Å². The van der Waals surface area contributed by atoms with Crippen molar-refractivity contribution in [3.63, 3.8) is 0 Å². The van der Waals surface area contributed by atoms with Crippen LogP contribution in [0.3, 0.4) is 0 Å². The summed E-state index contributed by atoms with van der Waals surface area (Å²) < 4.78 is 29.3. The third-order valence-electron chi connectivity index (χ3n) is 4.77. The Morgan fingerprint density at radius 2 is 1.19 bits per heavy atom. The lowest BCUT2D eigenvalue weighted by atomic mass is 10.2. The highest BCUT2D eigenvalue weighted by Gasteiger charge is 2.13. The summed E-state index contributed by atoms with van der Waals surface area (Å²) in [4.78, 5) is 0.221. The monoisotopic (exact) mass is 444 g/mol. The molecular weight excluding hydrogens is 404 g/mol. The molecule has 3 nitrogen and oxygen atoms in total. The average Bonchev–Trinajstić information content (AvgIpc) is 2.75. The third kappa shape index (κ3) is 14.7. The average molecular weight is 445 g/mol. The molecule has 0 N–H and O–H groups in total. The van der Waals surface area contributed by atoms with Gasteiger partial charge in [0.05, 0.1) is 11.5 Å². The fraction of sp³-hybridized carbons (Fsp3) is 0.481. The SMILES string of the molecule is CCCCCC=CCC=CCC=CCC=CCCCCOS(=O)(=O)c1ccc(C)cc1. The van der Waals surface area contributed by atoms with Crippen LogP contribution < -0.4 is 0 Å². The molecule has 0 saturated heterocycles. The molecule has 0 aromatic heterocycles. The first-order chi connectivity index (χ1) is 15.1. The summed E-state index contributed by atoms with van der Waals surface area (Å²) in [5.74, 6) is 0. The summed E-state index contributed by atoms with van der Waals surface area (Å²) in [6.45, 7) is 4.38. The zero-order chi connectivity index (χ0) is 22.6. The third-order valence-corrected chi connectivity index (χ3v) is 6.10. The van der Waals surface area contributed by atoms with E-state index in [1.807, 2.05) is 6.92 Å². The zero-order valence-electron chi connectivity index (χ0n) is 19.3. The van der Waals surface area contributed by atoms with Crippen molar-refractivity contribution in [2.24, 2.45) is 0 Å². The van der Waals surface area contributed by atoms with Crippen LogP contribution in [-0.2, 0) is 14.3 Å². The van der Waals surface area contributed by atoms with E-state index in [0.717, 1.165) is 44.1 Å². The van der Waals surface area contributed by atoms with E-state index in [9.17, 15) is 8.42 Å². The Bertz CT molecular complexity index is 784. The fourth-order valence-electron chi connectivity index (χ4n) is 2.87. The summed E-state index contributed by atoms with van der Waals surface area (Å²) in [5.41, 5.74) is 1.03. The Morgan fingerprint density at radius 3 is 1.71 bits per heavy atom. The second-order valence-corrected chi connectivity index (χ2v) is 9.29. The number of hydrogen-bond donors (Lipinski definition) is 0. The summed E-state index contributed by atoms with van der Waals surface area (Å²) >= 11 is 0. The van der Waals surface area contributed by atoms with Gasteiger partial charge in [-0.05, 0) is 70.4 Å². The Morgan fingerprint density at radius 1 is 0.710 bits per heavy atom. The van der Waals surface area contributed by atoms with E-state index in [4.69, 9.17) is 4.18 Å².